The van der Waals surface area contributed by atoms with Crippen molar-refractivity contribution in [1.82, 2.24) is 20.1 Å². The molecule has 2 aromatic rings. The number of benzene rings is 1. The molecule has 0 amide bonds. The molecule has 1 aromatic heterocycles. The summed E-state index contributed by atoms with van der Waals surface area (Å²) in [4.78, 5) is 0. The number of anilines is 1. The van der Waals surface area contributed by atoms with Crippen LogP contribution in [-0.2, 0) is 13.0 Å². The van der Waals surface area contributed by atoms with Gasteiger partial charge in [0.2, 0.25) is 0 Å². The Balaban J connectivity index is 1.77. The van der Waals surface area contributed by atoms with Gasteiger partial charge in [-0.1, -0.05) is 30.7 Å². The van der Waals surface area contributed by atoms with Gasteiger partial charge in [-0.15, -0.1) is 10.2 Å². The molecule has 0 spiro atoms. The van der Waals surface area contributed by atoms with E-state index in [4.69, 9.17) is 12.2 Å². The standard InChI is InChI=1S/C18H23N5S/c1-13(2)12-19-18(24)20-15-8-6-7-14(11-15)17-22-21-16-9-4-3-5-10-23(16)17/h6-8,11H,1,3-5,9-10,12H2,2H3,(H2,19,20,24). The van der Waals surface area contributed by atoms with Crippen LogP contribution in [-0.4, -0.2) is 26.4 Å². The molecule has 0 saturated heterocycles. The van der Waals surface area contributed by atoms with Gasteiger partial charge in [0, 0.05) is 30.8 Å². The summed E-state index contributed by atoms with van der Waals surface area (Å²) in [6.07, 6.45) is 4.65. The molecule has 2 N–H and O–H groups in total. The highest BCUT2D eigenvalue weighted by Crippen LogP contribution is 2.24. The molecule has 0 bridgehead atoms. The first kappa shape index (κ1) is 16.6. The number of hydrogen-bond donors (Lipinski definition) is 2. The van der Waals surface area contributed by atoms with Crippen LogP contribution in [0.5, 0.6) is 0 Å². The Morgan fingerprint density at radius 3 is 3.00 bits per heavy atom. The van der Waals surface area contributed by atoms with Crippen molar-refractivity contribution in [2.45, 2.75) is 39.2 Å². The van der Waals surface area contributed by atoms with Gasteiger partial charge in [0.1, 0.15) is 5.82 Å². The maximum absolute atomic E-state index is 5.32. The van der Waals surface area contributed by atoms with Crippen molar-refractivity contribution in [1.29, 1.82) is 0 Å². The highest BCUT2D eigenvalue weighted by atomic mass is 32.1. The summed E-state index contributed by atoms with van der Waals surface area (Å²) in [6.45, 7) is 7.49. The monoisotopic (exact) mass is 341 g/mol. The van der Waals surface area contributed by atoms with E-state index in [0.717, 1.165) is 41.4 Å². The zero-order valence-corrected chi connectivity index (χ0v) is 14.8. The second-order valence-electron chi connectivity index (χ2n) is 6.25. The zero-order chi connectivity index (χ0) is 16.9. The highest BCUT2D eigenvalue weighted by Gasteiger charge is 2.16. The first-order valence-electron chi connectivity index (χ1n) is 8.35. The van der Waals surface area contributed by atoms with Gasteiger partial charge in [0.25, 0.3) is 0 Å². The van der Waals surface area contributed by atoms with Gasteiger partial charge in [0.15, 0.2) is 10.9 Å². The van der Waals surface area contributed by atoms with Gasteiger partial charge < -0.3 is 15.2 Å². The molecular weight excluding hydrogens is 318 g/mol. The molecule has 3 rings (SSSR count). The molecule has 0 unspecified atom stereocenters. The van der Waals surface area contributed by atoms with Crippen molar-refractivity contribution in [2.75, 3.05) is 11.9 Å². The van der Waals surface area contributed by atoms with Crippen molar-refractivity contribution in [3.63, 3.8) is 0 Å². The quantitative estimate of drug-likeness (QED) is 0.658. The number of rotatable bonds is 4. The minimum Gasteiger partial charge on any atom is -0.359 e. The van der Waals surface area contributed by atoms with Crippen LogP contribution in [0.15, 0.2) is 36.4 Å². The number of nitrogens with zero attached hydrogens (tertiary/aromatic N) is 3. The van der Waals surface area contributed by atoms with E-state index in [1.165, 1.54) is 19.3 Å². The van der Waals surface area contributed by atoms with E-state index in [2.05, 4.69) is 44.1 Å². The van der Waals surface area contributed by atoms with Crippen molar-refractivity contribution in [3.8, 4) is 11.4 Å². The largest absolute Gasteiger partial charge is 0.359 e. The first-order chi connectivity index (χ1) is 11.6. The van der Waals surface area contributed by atoms with Crippen LogP contribution in [0.25, 0.3) is 11.4 Å². The Labute approximate surface area is 148 Å². The van der Waals surface area contributed by atoms with Gasteiger partial charge in [-0.05, 0) is 44.1 Å². The molecule has 1 aromatic carbocycles. The van der Waals surface area contributed by atoms with Gasteiger partial charge in [-0.3, -0.25) is 0 Å². The van der Waals surface area contributed by atoms with Crippen LogP contribution < -0.4 is 10.6 Å². The third-order valence-electron chi connectivity index (χ3n) is 4.04. The molecule has 5 nitrogen and oxygen atoms in total. The van der Waals surface area contributed by atoms with Gasteiger partial charge >= 0.3 is 0 Å². The maximum Gasteiger partial charge on any atom is 0.171 e. The lowest BCUT2D eigenvalue weighted by Gasteiger charge is -2.12. The van der Waals surface area contributed by atoms with Gasteiger partial charge in [-0.25, -0.2) is 0 Å². The van der Waals surface area contributed by atoms with E-state index >= 15 is 0 Å². The summed E-state index contributed by atoms with van der Waals surface area (Å²) in [7, 11) is 0. The summed E-state index contributed by atoms with van der Waals surface area (Å²) in [5.74, 6) is 2.04. The molecule has 0 radical (unpaired) electrons. The molecule has 0 fully saturated rings. The molecule has 2 heterocycles. The molecule has 1 aliphatic rings. The molecule has 0 saturated carbocycles. The van der Waals surface area contributed by atoms with Gasteiger partial charge in [-0.2, -0.15) is 0 Å². The maximum atomic E-state index is 5.32. The van der Waals surface area contributed by atoms with E-state index in [1.807, 2.05) is 19.1 Å². The summed E-state index contributed by atoms with van der Waals surface area (Å²) < 4.78 is 2.25. The third kappa shape index (κ3) is 4.00. The Kier molecular flexibility index (Phi) is 5.25. The number of hydrogen-bond acceptors (Lipinski definition) is 3. The predicted octanol–water partition coefficient (Wildman–Crippen LogP) is 3.53. The van der Waals surface area contributed by atoms with Crippen LogP contribution in [0.1, 0.15) is 32.0 Å². The Morgan fingerprint density at radius 1 is 1.29 bits per heavy atom. The normalized spacial score (nSPS) is 13.7. The molecule has 24 heavy (non-hydrogen) atoms. The second kappa shape index (κ2) is 7.57. The first-order valence-corrected chi connectivity index (χ1v) is 8.76. The van der Waals surface area contributed by atoms with Crippen LogP contribution in [0.2, 0.25) is 0 Å². The average Bonchev–Trinajstić information content (AvgIpc) is 2.82. The average molecular weight is 341 g/mol. The number of fused-ring (bicyclic) bond motifs is 1. The Morgan fingerprint density at radius 2 is 2.17 bits per heavy atom. The van der Waals surface area contributed by atoms with E-state index < -0.39 is 0 Å². The highest BCUT2D eigenvalue weighted by molar-refractivity contribution is 7.80. The summed E-state index contributed by atoms with van der Waals surface area (Å²) in [5.41, 5.74) is 3.04. The van der Waals surface area contributed by atoms with Crippen LogP contribution >= 0.6 is 12.2 Å². The lowest BCUT2D eigenvalue weighted by molar-refractivity contribution is 0.636. The predicted molar refractivity (Wildman–Crippen MR) is 102 cm³/mol. The lowest BCUT2D eigenvalue weighted by atomic mass is 10.2. The number of aromatic nitrogens is 3. The summed E-state index contributed by atoms with van der Waals surface area (Å²) >= 11 is 5.32. The van der Waals surface area contributed by atoms with E-state index in [0.29, 0.717) is 11.7 Å². The minimum atomic E-state index is 0.593. The molecule has 0 aliphatic carbocycles. The van der Waals surface area contributed by atoms with E-state index in [9.17, 15) is 0 Å². The Bertz CT molecular complexity index is 750. The van der Waals surface area contributed by atoms with Crippen LogP contribution in [0.4, 0.5) is 5.69 Å². The van der Waals surface area contributed by atoms with Crippen molar-refractivity contribution < 1.29 is 0 Å². The van der Waals surface area contributed by atoms with E-state index in [-0.39, 0.29) is 0 Å². The minimum absolute atomic E-state index is 0.593. The van der Waals surface area contributed by atoms with Crippen molar-refractivity contribution >= 4 is 23.0 Å². The smallest absolute Gasteiger partial charge is 0.171 e. The summed E-state index contributed by atoms with van der Waals surface area (Å²) in [6, 6.07) is 8.14. The van der Waals surface area contributed by atoms with Crippen LogP contribution in [0.3, 0.4) is 0 Å². The van der Waals surface area contributed by atoms with Gasteiger partial charge in [0.05, 0.1) is 0 Å². The fourth-order valence-electron chi connectivity index (χ4n) is 2.84. The van der Waals surface area contributed by atoms with Crippen LogP contribution in [0, 0.1) is 0 Å². The molecule has 0 atom stereocenters. The van der Waals surface area contributed by atoms with E-state index in [1.54, 1.807) is 0 Å². The lowest BCUT2D eigenvalue weighted by Crippen LogP contribution is -2.29. The SMILES string of the molecule is C=C(C)CNC(=S)Nc1cccc(-c2nnc3n2CCCCC3)c1. The fourth-order valence-corrected chi connectivity index (χ4v) is 3.03. The topological polar surface area (TPSA) is 54.8 Å². The molecule has 1 aliphatic heterocycles. The van der Waals surface area contributed by atoms with Crippen molar-refractivity contribution in [2.24, 2.45) is 0 Å². The number of aryl methyl sites for hydroxylation is 1. The second-order valence-corrected chi connectivity index (χ2v) is 6.66. The molecule has 6 heteroatoms. The summed E-state index contributed by atoms with van der Waals surface area (Å²) in [5, 5.41) is 15.7. The third-order valence-corrected chi connectivity index (χ3v) is 4.29. The Hall–Kier alpha value is -2.21. The number of thiocarbonyl (C=S) groups is 1. The zero-order valence-electron chi connectivity index (χ0n) is 14.0. The fraction of sp³-hybridized carbons (Fsp3) is 0.389. The molecular formula is C18H23N5S. The molecule has 126 valence electrons. The number of nitrogens with one attached hydrogen (secondary N) is 2. The van der Waals surface area contributed by atoms with Crippen molar-refractivity contribution in [3.05, 3.63) is 42.2 Å².